The van der Waals surface area contributed by atoms with E-state index in [9.17, 15) is 9.18 Å². The number of anilines is 1. The molecule has 0 saturated heterocycles. The summed E-state index contributed by atoms with van der Waals surface area (Å²) in [6, 6.07) is 4.35. The Labute approximate surface area is 116 Å². The van der Waals surface area contributed by atoms with E-state index in [0.717, 1.165) is 0 Å². The molecule has 2 rings (SSSR count). The molecule has 0 fully saturated rings. The summed E-state index contributed by atoms with van der Waals surface area (Å²) in [7, 11) is 1.51. The number of hydrogen-bond donors (Lipinski definition) is 2. The Morgan fingerprint density at radius 2 is 2.28 bits per heavy atom. The third-order valence-corrected chi connectivity index (χ3v) is 3.19. The van der Waals surface area contributed by atoms with Gasteiger partial charge in [0.1, 0.15) is 5.82 Å². The molecule has 1 aromatic heterocycles. The molecule has 2 aromatic rings. The predicted octanol–water partition coefficient (Wildman–Crippen LogP) is 1.56. The highest BCUT2D eigenvalue weighted by molar-refractivity contribution is 14.1. The summed E-state index contributed by atoms with van der Waals surface area (Å²) in [5.41, 5.74) is 6.85. The number of carbonyl (C=O) groups is 1. The van der Waals surface area contributed by atoms with Crippen molar-refractivity contribution in [1.29, 1.82) is 0 Å². The maximum atomic E-state index is 13.5. The molecule has 0 spiro atoms. The highest BCUT2D eigenvalue weighted by Crippen LogP contribution is 2.22. The number of nitrogens with two attached hydrogens (primary N) is 1. The first-order valence-electron chi connectivity index (χ1n) is 5.05. The average Bonchev–Trinajstić information content (AvgIpc) is 2.82. The van der Waals surface area contributed by atoms with Gasteiger partial charge in [0.25, 0.3) is 5.91 Å². The lowest BCUT2D eigenvalue weighted by Crippen LogP contribution is -2.18. The molecule has 0 radical (unpaired) electrons. The Hall–Kier alpha value is -1.64. The zero-order valence-corrected chi connectivity index (χ0v) is 11.6. The fraction of sp³-hybridized carbons (Fsp3) is 0.0909. The fourth-order valence-electron chi connectivity index (χ4n) is 1.46. The van der Waals surface area contributed by atoms with Gasteiger partial charge >= 0.3 is 0 Å². The highest BCUT2D eigenvalue weighted by atomic mass is 127. The summed E-state index contributed by atoms with van der Waals surface area (Å²) in [6.07, 6.45) is 1.56. The molecule has 0 bridgehead atoms. The lowest BCUT2D eigenvalue weighted by molar-refractivity contribution is 0.0957. The molecular weight excluding hydrogens is 350 g/mol. The molecule has 1 amide bonds. The fourth-order valence-corrected chi connectivity index (χ4v) is 1.95. The Morgan fingerprint density at radius 3 is 2.94 bits per heavy atom. The maximum Gasteiger partial charge on any atom is 0.271 e. The van der Waals surface area contributed by atoms with Crippen LogP contribution in [-0.4, -0.2) is 22.7 Å². The van der Waals surface area contributed by atoms with Crippen LogP contribution in [0, 0.1) is 9.39 Å². The van der Waals surface area contributed by atoms with Crippen molar-refractivity contribution < 1.29 is 9.18 Å². The normalized spacial score (nSPS) is 10.4. The van der Waals surface area contributed by atoms with Crippen LogP contribution in [0.25, 0.3) is 5.69 Å². The van der Waals surface area contributed by atoms with Gasteiger partial charge in [0, 0.05) is 19.3 Å². The van der Waals surface area contributed by atoms with Crippen molar-refractivity contribution in [3.8, 4) is 5.69 Å². The SMILES string of the molecule is CNC(=O)c1ccn(-c2cc(F)c(I)cc2N)n1. The summed E-state index contributed by atoms with van der Waals surface area (Å²) in [6.45, 7) is 0. The Bertz CT molecular complexity index is 611. The van der Waals surface area contributed by atoms with Crippen LogP contribution in [0.3, 0.4) is 0 Å². The average molecular weight is 360 g/mol. The second-order valence-corrected chi connectivity index (χ2v) is 4.71. The number of nitrogens with one attached hydrogen (secondary N) is 1. The molecule has 1 heterocycles. The smallest absolute Gasteiger partial charge is 0.271 e. The molecule has 7 heteroatoms. The summed E-state index contributed by atoms with van der Waals surface area (Å²) < 4.78 is 15.3. The lowest BCUT2D eigenvalue weighted by Gasteiger charge is -2.07. The number of benzene rings is 1. The third-order valence-electron chi connectivity index (χ3n) is 2.37. The summed E-state index contributed by atoms with van der Waals surface area (Å²) >= 11 is 1.86. The van der Waals surface area contributed by atoms with E-state index < -0.39 is 0 Å². The van der Waals surface area contributed by atoms with E-state index in [4.69, 9.17) is 5.73 Å². The lowest BCUT2D eigenvalue weighted by atomic mass is 10.2. The Balaban J connectivity index is 2.46. The number of aromatic nitrogens is 2. The Kier molecular flexibility index (Phi) is 3.50. The van der Waals surface area contributed by atoms with Gasteiger partial charge in [-0.25, -0.2) is 9.07 Å². The molecule has 0 aliphatic carbocycles. The molecule has 0 saturated carbocycles. The summed E-state index contributed by atoms with van der Waals surface area (Å²) in [5.74, 6) is -0.685. The largest absolute Gasteiger partial charge is 0.397 e. The van der Waals surface area contributed by atoms with Crippen LogP contribution in [0.1, 0.15) is 10.5 Å². The van der Waals surface area contributed by atoms with Gasteiger partial charge in [-0.3, -0.25) is 4.79 Å². The third kappa shape index (κ3) is 2.30. The predicted molar refractivity (Wildman–Crippen MR) is 74.0 cm³/mol. The minimum absolute atomic E-state index is 0.246. The van der Waals surface area contributed by atoms with E-state index in [1.807, 2.05) is 22.6 Å². The number of halogens is 2. The Morgan fingerprint density at radius 1 is 1.56 bits per heavy atom. The van der Waals surface area contributed by atoms with Crippen LogP contribution in [0.4, 0.5) is 10.1 Å². The highest BCUT2D eigenvalue weighted by Gasteiger charge is 2.11. The molecule has 18 heavy (non-hydrogen) atoms. The molecule has 0 atom stereocenters. The first-order chi connectivity index (χ1) is 8.52. The van der Waals surface area contributed by atoms with Crippen LogP contribution in [0.15, 0.2) is 24.4 Å². The van der Waals surface area contributed by atoms with E-state index in [1.165, 1.54) is 29.9 Å². The van der Waals surface area contributed by atoms with Gasteiger partial charge in [0.15, 0.2) is 5.69 Å². The van der Waals surface area contributed by atoms with Crippen LogP contribution < -0.4 is 11.1 Å². The summed E-state index contributed by atoms with van der Waals surface area (Å²) in [4.78, 5) is 11.4. The van der Waals surface area contributed by atoms with Gasteiger partial charge in [-0.1, -0.05) is 0 Å². The minimum Gasteiger partial charge on any atom is -0.397 e. The van der Waals surface area contributed by atoms with E-state index in [1.54, 1.807) is 6.20 Å². The van der Waals surface area contributed by atoms with Gasteiger partial charge in [-0.2, -0.15) is 5.10 Å². The maximum absolute atomic E-state index is 13.5. The number of hydrogen-bond acceptors (Lipinski definition) is 3. The monoisotopic (exact) mass is 360 g/mol. The molecule has 1 aromatic carbocycles. The molecule has 5 nitrogen and oxygen atoms in total. The zero-order chi connectivity index (χ0) is 13.3. The van der Waals surface area contributed by atoms with E-state index >= 15 is 0 Å². The molecule has 0 aliphatic heterocycles. The van der Waals surface area contributed by atoms with E-state index in [-0.39, 0.29) is 17.4 Å². The van der Waals surface area contributed by atoms with Crippen molar-refractivity contribution in [2.24, 2.45) is 0 Å². The van der Waals surface area contributed by atoms with Crippen molar-refractivity contribution in [3.05, 3.63) is 39.5 Å². The van der Waals surface area contributed by atoms with Crippen molar-refractivity contribution in [1.82, 2.24) is 15.1 Å². The van der Waals surface area contributed by atoms with Crippen molar-refractivity contribution in [3.63, 3.8) is 0 Å². The molecular formula is C11H10FIN4O. The molecule has 0 aliphatic rings. The first-order valence-corrected chi connectivity index (χ1v) is 6.13. The van der Waals surface area contributed by atoms with Crippen molar-refractivity contribution >= 4 is 34.2 Å². The second-order valence-electron chi connectivity index (χ2n) is 3.55. The van der Waals surface area contributed by atoms with Crippen LogP contribution in [0.2, 0.25) is 0 Å². The van der Waals surface area contributed by atoms with Gasteiger partial charge in [-0.15, -0.1) is 0 Å². The van der Waals surface area contributed by atoms with Crippen molar-refractivity contribution in [2.45, 2.75) is 0 Å². The van der Waals surface area contributed by atoms with E-state index in [0.29, 0.717) is 14.9 Å². The first kappa shape index (κ1) is 12.8. The van der Waals surface area contributed by atoms with Gasteiger partial charge in [0.2, 0.25) is 0 Å². The zero-order valence-electron chi connectivity index (χ0n) is 9.45. The van der Waals surface area contributed by atoms with Gasteiger partial charge in [0.05, 0.1) is 14.9 Å². The van der Waals surface area contributed by atoms with E-state index in [2.05, 4.69) is 10.4 Å². The number of nitrogen functional groups attached to an aromatic ring is 1. The number of amides is 1. The van der Waals surface area contributed by atoms with Gasteiger partial charge in [-0.05, 0) is 34.7 Å². The minimum atomic E-state index is -0.378. The quantitative estimate of drug-likeness (QED) is 0.631. The molecule has 3 N–H and O–H groups in total. The second kappa shape index (κ2) is 4.92. The number of carbonyl (C=O) groups excluding carboxylic acids is 1. The molecule has 94 valence electrons. The number of nitrogens with zero attached hydrogens (tertiary/aromatic N) is 2. The van der Waals surface area contributed by atoms with Gasteiger partial charge < -0.3 is 11.1 Å². The van der Waals surface area contributed by atoms with Crippen LogP contribution in [-0.2, 0) is 0 Å². The van der Waals surface area contributed by atoms with Crippen LogP contribution >= 0.6 is 22.6 Å². The topological polar surface area (TPSA) is 72.9 Å². The van der Waals surface area contributed by atoms with Crippen molar-refractivity contribution in [2.75, 3.05) is 12.8 Å². The van der Waals surface area contributed by atoms with Crippen LogP contribution in [0.5, 0.6) is 0 Å². The summed E-state index contributed by atoms with van der Waals surface area (Å²) in [5, 5.41) is 6.50. The molecule has 0 unspecified atom stereocenters. The standard InChI is InChI=1S/C11H10FIN4O/c1-15-11(18)9-2-3-17(16-9)10-4-6(12)7(13)5-8(10)14/h2-5H,14H2,1H3,(H,15,18). The number of rotatable bonds is 2.